The highest BCUT2D eigenvalue weighted by molar-refractivity contribution is 7.89. The van der Waals surface area contributed by atoms with E-state index in [0.717, 1.165) is 23.4 Å². The number of hydrogen-bond acceptors (Lipinski definition) is 5. The molecule has 0 saturated carbocycles. The summed E-state index contributed by atoms with van der Waals surface area (Å²) in [6.07, 6.45) is 0. The highest BCUT2D eigenvalue weighted by atomic mass is 32.2. The van der Waals surface area contributed by atoms with Crippen LogP contribution in [0.1, 0.15) is 5.69 Å². The number of aromatic nitrogens is 1. The monoisotopic (exact) mass is 401 g/mol. The molecule has 6 nitrogen and oxygen atoms in total. The first-order chi connectivity index (χ1) is 13.5. The standard InChI is InChI=1S/C20H20FN3O3S/c21-17-6-8-19(9-7-17)28(25,26)24-12-10-23(11-13-24)15-18-14-20(27-22-18)16-4-2-1-3-5-16/h1-9,14H,10-13,15H2. The quantitative estimate of drug-likeness (QED) is 0.658. The van der Waals surface area contributed by atoms with E-state index in [4.69, 9.17) is 4.52 Å². The molecule has 0 spiro atoms. The van der Waals surface area contributed by atoms with E-state index in [-0.39, 0.29) is 4.90 Å². The second kappa shape index (κ2) is 7.83. The van der Waals surface area contributed by atoms with Crippen LogP contribution < -0.4 is 0 Å². The Hall–Kier alpha value is -2.55. The Balaban J connectivity index is 1.37. The average molecular weight is 401 g/mol. The van der Waals surface area contributed by atoms with Crippen molar-refractivity contribution in [3.05, 3.63) is 72.2 Å². The van der Waals surface area contributed by atoms with Crippen LogP contribution >= 0.6 is 0 Å². The molecule has 0 unspecified atom stereocenters. The van der Waals surface area contributed by atoms with Crippen molar-refractivity contribution in [2.24, 2.45) is 0 Å². The fraction of sp³-hybridized carbons (Fsp3) is 0.250. The van der Waals surface area contributed by atoms with Crippen molar-refractivity contribution in [3.8, 4) is 11.3 Å². The van der Waals surface area contributed by atoms with Gasteiger partial charge in [0.05, 0.1) is 10.6 Å². The van der Waals surface area contributed by atoms with Crippen molar-refractivity contribution >= 4 is 10.0 Å². The molecule has 28 heavy (non-hydrogen) atoms. The first-order valence-electron chi connectivity index (χ1n) is 9.01. The number of sulfonamides is 1. The van der Waals surface area contributed by atoms with E-state index >= 15 is 0 Å². The molecule has 8 heteroatoms. The molecule has 1 aromatic heterocycles. The molecular weight excluding hydrogens is 381 g/mol. The van der Waals surface area contributed by atoms with E-state index in [2.05, 4.69) is 10.1 Å². The molecule has 1 aliphatic heterocycles. The van der Waals surface area contributed by atoms with Gasteiger partial charge in [0.2, 0.25) is 10.0 Å². The Kier molecular flexibility index (Phi) is 5.25. The van der Waals surface area contributed by atoms with Crippen molar-refractivity contribution in [2.45, 2.75) is 11.4 Å². The molecule has 0 amide bonds. The second-order valence-electron chi connectivity index (χ2n) is 6.68. The largest absolute Gasteiger partial charge is 0.356 e. The van der Waals surface area contributed by atoms with Crippen molar-refractivity contribution < 1.29 is 17.3 Å². The van der Waals surface area contributed by atoms with E-state index < -0.39 is 15.8 Å². The highest BCUT2D eigenvalue weighted by Crippen LogP contribution is 2.22. The van der Waals surface area contributed by atoms with Gasteiger partial charge in [0.25, 0.3) is 0 Å². The van der Waals surface area contributed by atoms with E-state index in [9.17, 15) is 12.8 Å². The van der Waals surface area contributed by atoms with Gasteiger partial charge >= 0.3 is 0 Å². The number of nitrogens with zero attached hydrogens (tertiary/aromatic N) is 3. The molecule has 1 saturated heterocycles. The van der Waals surface area contributed by atoms with Crippen molar-refractivity contribution in [3.63, 3.8) is 0 Å². The van der Waals surface area contributed by atoms with Crippen LogP contribution in [-0.2, 0) is 16.6 Å². The van der Waals surface area contributed by atoms with Crippen LogP contribution in [0.4, 0.5) is 4.39 Å². The molecule has 1 aliphatic rings. The molecule has 0 radical (unpaired) electrons. The summed E-state index contributed by atoms with van der Waals surface area (Å²) in [6.45, 7) is 2.54. The number of hydrogen-bond donors (Lipinski definition) is 0. The predicted molar refractivity (Wildman–Crippen MR) is 102 cm³/mol. The zero-order valence-electron chi connectivity index (χ0n) is 15.2. The Morgan fingerprint density at radius 2 is 1.64 bits per heavy atom. The van der Waals surface area contributed by atoms with Gasteiger partial charge in [-0.3, -0.25) is 4.90 Å². The topological polar surface area (TPSA) is 66.7 Å². The van der Waals surface area contributed by atoms with Crippen molar-refractivity contribution in [2.75, 3.05) is 26.2 Å². The maximum Gasteiger partial charge on any atom is 0.243 e. The van der Waals surface area contributed by atoms with Gasteiger partial charge in [-0.05, 0) is 24.3 Å². The number of halogens is 1. The molecule has 0 bridgehead atoms. The lowest BCUT2D eigenvalue weighted by atomic mass is 10.1. The molecule has 0 atom stereocenters. The zero-order chi connectivity index (χ0) is 19.6. The third kappa shape index (κ3) is 3.99. The van der Waals surface area contributed by atoms with Gasteiger partial charge in [-0.2, -0.15) is 4.31 Å². The molecule has 146 valence electrons. The Labute approximate surface area is 163 Å². The normalized spacial score (nSPS) is 16.3. The summed E-state index contributed by atoms with van der Waals surface area (Å²) in [5.74, 6) is 0.263. The summed E-state index contributed by atoms with van der Waals surface area (Å²) in [5, 5.41) is 4.13. The molecule has 0 N–H and O–H groups in total. The fourth-order valence-corrected chi connectivity index (χ4v) is 4.66. The molecule has 2 aromatic carbocycles. The maximum atomic E-state index is 13.1. The molecule has 1 fully saturated rings. The SMILES string of the molecule is O=S(=O)(c1ccc(F)cc1)N1CCN(Cc2cc(-c3ccccc3)on2)CC1. The van der Waals surface area contributed by atoms with Crippen LogP contribution in [0, 0.1) is 5.82 Å². The first-order valence-corrected chi connectivity index (χ1v) is 10.5. The van der Waals surface area contributed by atoms with E-state index in [1.54, 1.807) is 0 Å². The van der Waals surface area contributed by atoms with Crippen LogP contribution in [0.25, 0.3) is 11.3 Å². The lowest BCUT2D eigenvalue weighted by molar-refractivity contribution is 0.178. The lowest BCUT2D eigenvalue weighted by Gasteiger charge is -2.33. The minimum atomic E-state index is -3.60. The lowest BCUT2D eigenvalue weighted by Crippen LogP contribution is -2.48. The fourth-order valence-electron chi connectivity index (χ4n) is 3.24. The third-order valence-corrected chi connectivity index (χ3v) is 6.70. The van der Waals surface area contributed by atoms with Crippen molar-refractivity contribution in [1.82, 2.24) is 14.4 Å². The van der Waals surface area contributed by atoms with Gasteiger partial charge in [-0.1, -0.05) is 35.5 Å². The Morgan fingerprint density at radius 1 is 0.964 bits per heavy atom. The number of benzene rings is 2. The van der Waals surface area contributed by atoms with Crippen LogP contribution in [0.15, 0.2) is 70.1 Å². The maximum absolute atomic E-state index is 13.1. The molecule has 3 aromatic rings. The molecule has 4 rings (SSSR count). The highest BCUT2D eigenvalue weighted by Gasteiger charge is 2.28. The summed E-state index contributed by atoms with van der Waals surface area (Å²) in [4.78, 5) is 2.26. The van der Waals surface area contributed by atoms with Crippen LogP contribution in [-0.4, -0.2) is 49.0 Å². The predicted octanol–water partition coefficient (Wildman–Crippen LogP) is 2.99. The van der Waals surface area contributed by atoms with E-state index in [1.165, 1.54) is 16.4 Å². The van der Waals surface area contributed by atoms with Crippen LogP contribution in [0.3, 0.4) is 0 Å². The van der Waals surface area contributed by atoms with Gasteiger partial charge < -0.3 is 4.52 Å². The summed E-state index contributed by atoms with van der Waals surface area (Å²) in [5.41, 5.74) is 1.78. The third-order valence-electron chi connectivity index (χ3n) is 4.79. The van der Waals surface area contributed by atoms with Gasteiger partial charge in [0, 0.05) is 44.4 Å². The van der Waals surface area contributed by atoms with E-state index in [0.29, 0.717) is 38.5 Å². The van der Waals surface area contributed by atoms with Gasteiger partial charge in [0.1, 0.15) is 5.82 Å². The Morgan fingerprint density at radius 3 is 2.32 bits per heavy atom. The van der Waals surface area contributed by atoms with Gasteiger partial charge in [-0.15, -0.1) is 0 Å². The second-order valence-corrected chi connectivity index (χ2v) is 8.62. The van der Waals surface area contributed by atoms with Crippen LogP contribution in [0.5, 0.6) is 0 Å². The smallest absolute Gasteiger partial charge is 0.243 e. The molecule has 2 heterocycles. The summed E-state index contributed by atoms with van der Waals surface area (Å²) in [6, 6.07) is 16.6. The summed E-state index contributed by atoms with van der Waals surface area (Å²) in [7, 11) is -3.60. The van der Waals surface area contributed by atoms with Gasteiger partial charge in [0.15, 0.2) is 5.76 Å². The summed E-state index contributed by atoms with van der Waals surface area (Å²) < 4.78 is 45.3. The first kappa shape index (κ1) is 18.8. The molecule has 0 aliphatic carbocycles. The number of piperazine rings is 1. The minimum Gasteiger partial charge on any atom is -0.356 e. The molecular formula is C20H20FN3O3S. The minimum absolute atomic E-state index is 0.117. The van der Waals surface area contributed by atoms with Crippen LogP contribution in [0.2, 0.25) is 0 Å². The van der Waals surface area contributed by atoms with Gasteiger partial charge in [-0.25, -0.2) is 12.8 Å². The van der Waals surface area contributed by atoms with E-state index in [1.807, 2.05) is 36.4 Å². The average Bonchev–Trinajstić information content (AvgIpc) is 3.18. The Bertz CT molecular complexity index is 1030. The zero-order valence-corrected chi connectivity index (χ0v) is 16.0. The van der Waals surface area contributed by atoms with Crippen molar-refractivity contribution in [1.29, 1.82) is 0 Å². The summed E-state index contributed by atoms with van der Waals surface area (Å²) >= 11 is 0. The number of rotatable bonds is 5.